The van der Waals surface area contributed by atoms with Crippen LogP contribution in [0.5, 0.6) is 0 Å². The lowest BCUT2D eigenvalue weighted by atomic mass is 10.1. The molecule has 124 valence electrons. The number of aryl methyl sites for hydroxylation is 1. The van der Waals surface area contributed by atoms with Crippen LogP contribution in [0, 0.1) is 6.92 Å². The number of rotatable bonds is 7. The molecule has 5 nitrogen and oxygen atoms in total. The lowest BCUT2D eigenvalue weighted by molar-refractivity contribution is -0.120. The number of benzene rings is 1. The highest BCUT2D eigenvalue weighted by Gasteiger charge is 2.03. The van der Waals surface area contributed by atoms with Crippen molar-refractivity contribution in [3.05, 3.63) is 66.0 Å². The van der Waals surface area contributed by atoms with E-state index in [-0.39, 0.29) is 18.2 Å². The second-order valence-corrected chi connectivity index (χ2v) is 5.40. The number of carbonyl (C=O) groups excluding carboxylic acids is 2. The maximum absolute atomic E-state index is 11.7. The fraction of sp³-hybridized carbons (Fsp3) is 0.211. The van der Waals surface area contributed by atoms with Crippen LogP contribution in [0.25, 0.3) is 6.08 Å². The van der Waals surface area contributed by atoms with Crippen LogP contribution in [-0.4, -0.2) is 23.3 Å². The van der Waals surface area contributed by atoms with Crippen molar-refractivity contribution < 1.29 is 9.59 Å². The second-order valence-electron chi connectivity index (χ2n) is 5.40. The number of anilines is 1. The van der Waals surface area contributed by atoms with E-state index < -0.39 is 0 Å². The molecule has 1 heterocycles. The lowest BCUT2D eigenvalue weighted by Crippen LogP contribution is -2.27. The first kappa shape index (κ1) is 17.4. The van der Waals surface area contributed by atoms with Gasteiger partial charge < -0.3 is 10.6 Å². The van der Waals surface area contributed by atoms with Crippen molar-refractivity contribution in [2.24, 2.45) is 0 Å². The number of hydrogen-bond donors (Lipinski definition) is 2. The van der Waals surface area contributed by atoms with E-state index >= 15 is 0 Å². The van der Waals surface area contributed by atoms with Gasteiger partial charge in [0.15, 0.2) is 0 Å². The van der Waals surface area contributed by atoms with E-state index in [4.69, 9.17) is 0 Å². The van der Waals surface area contributed by atoms with Crippen molar-refractivity contribution in [1.29, 1.82) is 0 Å². The zero-order valence-corrected chi connectivity index (χ0v) is 13.7. The van der Waals surface area contributed by atoms with E-state index in [2.05, 4.69) is 15.6 Å². The summed E-state index contributed by atoms with van der Waals surface area (Å²) < 4.78 is 0. The summed E-state index contributed by atoms with van der Waals surface area (Å²) in [5.41, 5.74) is 2.96. The van der Waals surface area contributed by atoms with Crippen molar-refractivity contribution in [3.63, 3.8) is 0 Å². The maximum Gasteiger partial charge on any atom is 0.226 e. The minimum absolute atomic E-state index is 0.102. The molecule has 0 aliphatic heterocycles. The van der Waals surface area contributed by atoms with Crippen LogP contribution in [0.15, 0.2) is 54.9 Å². The Hall–Kier alpha value is -2.95. The van der Waals surface area contributed by atoms with Gasteiger partial charge in [-0.05, 0) is 24.6 Å². The highest BCUT2D eigenvalue weighted by Crippen LogP contribution is 2.05. The van der Waals surface area contributed by atoms with Gasteiger partial charge in [0.25, 0.3) is 0 Å². The third-order valence-corrected chi connectivity index (χ3v) is 3.33. The van der Waals surface area contributed by atoms with Gasteiger partial charge in [0.1, 0.15) is 0 Å². The van der Waals surface area contributed by atoms with Gasteiger partial charge in [-0.2, -0.15) is 0 Å². The van der Waals surface area contributed by atoms with E-state index in [1.54, 1.807) is 24.5 Å². The summed E-state index contributed by atoms with van der Waals surface area (Å²) >= 11 is 0. The van der Waals surface area contributed by atoms with Crippen LogP contribution in [0.2, 0.25) is 0 Å². The molecule has 1 aromatic carbocycles. The predicted octanol–water partition coefficient (Wildman–Crippen LogP) is 2.94. The second kappa shape index (κ2) is 9.25. The summed E-state index contributed by atoms with van der Waals surface area (Å²) in [4.78, 5) is 27.3. The minimum atomic E-state index is -0.142. The Morgan fingerprint density at radius 2 is 1.75 bits per heavy atom. The molecule has 0 fully saturated rings. The fourth-order valence-corrected chi connectivity index (χ4v) is 2.03. The molecule has 1 aromatic heterocycles. The first-order valence-corrected chi connectivity index (χ1v) is 7.83. The van der Waals surface area contributed by atoms with Crippen molar-refractivity contribution in [2.45, 2.75) is 19.8 Å². The van der Waals surface area contributed by atoms with Crippen LogP contribution in [0.1, 0.15) is 24.0 Å². The molecule has 0 spiro atoms. The first-order chi connectivity index (χ1) is 11.6. The van der Waals surface area contributed by atoms with Crippen LogP contribution in [-0.2, 0) is 9.59 Å². The zero-order valence-electron chi connectivity index (χ0n) is 13.7. The molecule has 2 amide bonds. The summed E-state index contributed by atoms with van der Waals surface area (Å²) in [5, 5.41) is 5.47. The molecule has 2 rings (SSSR count). The van der Waals surface area contributed by atoms with Gasteiger partial charge in [0.05, 0.1) is 0 Å². The largest absolute Gasteiger partial charge is 0.355 e. The van der Waals surface area contributed by atoms with Gasteiger partial charge in [0.2, 0.25) is 11.8 Å². The molecule has 0 unspecified atom stereocenters. The standard InChI is InChI=1S/C19H21N3O2/c1-15-5-7-16(8-6-15)3-2-4-18(23)21-14-11-19(24)22-17-9-12-20-13-10-17/h2-3,5-10,12-13H,4,11,14H2,1H3,(H,21,23)(H,20,22,24)/b3-2+. The van der Waals surface area contributed by atoms with E-state index in [9.17, 15) is 9.59 Å². The van der Waals surface area contributed by atoms with Crippen molar-refractivity contribution in [1.82, 2.24) is 10.3 Å². The molecular formula is C19H21N3O2. The summed E-state index contributed by atoms with van der Waals surface area (Å²) in [6.45, 7) is 2.35. The molecule has 2 N–H and O–H groups in total. The monoisotopic (exact) mass is 323 g/mol. The number of amides is 2. The van der Waals surface area contributed by atoms with Crippen LogP contribution in [0.3, 0.4) is 0 Å². The Bertz CT molecular complexity index is 694. The number of nitrogens with zero attached hydrogens (tertiary/aromatic N) is 1. The summed E-state index contributed by atoms with van der Waals surface area (Å²) in [5.74, 6) is -0.244. The molecule has 2 aromatic rings. The number of hydrogen-bond acceptors (Lipinski definition) is 3. The van der Waals surface area contributed by atoms with Gasteiger partial charge in [-0.25, -0.2) is 0 Å². The van der Waals surface area contributed by atoms with Gasteiger partial charge >= 0.3 is 0 Å². The molecule has 0 bridgehead atoms. The molecule has 0 aliphatic rings. The predicted molar refractivity (Wildman–Crippen MR) is 95.3 cm³/mol. The average molecular weight is 323 g/mol. The molecule has 0 aliphatic carbocycles. The zero-order chi connectivity index (χ0) is 17.2. The number of nitrogens with one attached hydrogen (secondary N) is 2. The van der Waals surface area contributed by atoms with Crippen LogP contribution >= 0.6 is 0 Å². The molecule has 5 heteroatoms. The smallest absolute Gasteiger partial charge is 0.226 e. The first-order valence-electron chi connectivity index (χ1n) is 7.83. The summed E-state index contributed by atoms with van der Waals surface area (Å²) in [6, 6.07) is 11.5. The summed E-state index contributed by atoms with van der Waals surface area (Å²) in [6.07, 6.45) is 7.47. The van der Waals surface area contributed by atoms with E-state index in [0.717, 1.165) is 5.56 Å². The molecule has 0 atom stereocenters. The fourth-order valence-electron chi connectivity index (χ4n) is 2.03. The highest BCUT2D eigenvalue weighted by molar-refractivity contribution is 5.91. The van der Waals surface area contributed by atoms with E-state index in [0.29, 0.717) is 18.7 Å². The number of aromatic nitrogens is 1. The maximum atomic E-state index is 11.7. The third-order valence-electron chi connectivity index (χ3n) is 3.33. The molecule has 0 saturated carbocycles. The van der Waals surface area contributed by atoms with Crippen LogP contribution in [0.4, 0.5) is 5.69 Å². The SMILES string of the molecule is Cc1ccc(/C=C/CC(=O)NCCC(=O)Nc2ccncc2)cc1. The number of carbonyl (C=O) groups is 2. The molecule has 0 radical (unpaired) electrons. The quantitative estimate of drug-likeness (QED) is 0.823. The van der Waals surface area contributed by atoms with E-state index in [1.165, 1.54) is 5.56 Å². The highest BCUT2D eigenvalue weighted by atomic mass is 16.2. The van der Waals surface area contributed by atoms with Gasteiger partial charge in [0, 0.05) is 37.5 Å². The average Bonchev–Trinajstić information content (AvgIpc) is 2.57. The topological polar surface area (TPSA) is 71.1 Å². The lowest BCUT2D eigenvalue weighted by Gasteiger charge is -2.05. The Morgan fingerprint density at radius 1 is 1.04 bits per heavy atom. The third kappa shape index (κ3) is 6.44. The normalized spacial score (nSPS) is 10.5. The molecular weight excluding hydrogens is 302 g/mol. The number of pyridine rings is 1. The van der Waals surface area contributed by atoms with Gasteiger partial charge in [-0.3, -0.25) is 14.6 Å². The Kier molecular flexibility index (Phi) is 6.71. The minimum Gasteiger partial charge on any atom is -0.355 e. The Labute approximate surface area is 141 Å². The Morgan fingerprint density at radius 3 is 2.46 bits per heavy atom. The summed E-state index contributed by atoms with van der Waals surface area (Å²) in [7, 11) is 0. The van der Waals surface area contributed by atoms with Crippen molar-refractivity contribution >= 4 is 23.6 Å². The van der Waals surface area contributed by atoms with E-state index in [1.807, 2.05) is 43.3 Å². The Balaban J connectivity index is 1.64. The van der Waals surface area contributed by atoms with Crippen LogP contribution < -0.4 is 10.6 Å². The molecule has 0 saturated heterocycles. The molecule has 24 heavy (non-hydrogen) atoms. The van der Waals surface area contributed by atoms with Gasteiger partial charge in [-0.15, -0.1) is 0 Å². The van der Waals surface area contributed by atoms with Gasteiger partial charge in [-0.1, -0.05) is 42.0 Å². The van der Waals surface area contributed by atoms with Crippen molar-refractivity contribution in [2.75, 3.05) is 11.9 Å². The van der Waals surface area contributed by atoms with Crippen molar-refractivity contribution in [3.8, 4) is 0 Å².